The van der Waals surface area contributed by atoms with E-state index in [1.54, 1.807) is 6.07 Å². The fourth-order valence-corrected chi connectivity index (χ4v) is 3.16. The zero-order chi connectivity index (χ0) is 18.4. The molecule has 0 heterocycles. The van der Waals surface area contributed by atoms with Crippen LogP contribution in [-0.2, 0) is 28.9 Å². The first-order valence-corrected chi connectivity index (χ1v) is 8.98. The predicted octanol–water partition coefficient (Wildman–Crippen LogP) is 2.64. The van der Waals surface area contributed by atoms with Crippen molar-refractivity contribution in [3.05, 3.63) is 64.7 Å². The molecule has 5 nitrogen and oxygen atoms in total. The van der Waals surface area contributed by atoms with Crippen molar-refractivity contribution in [2.75, 3.05) is 6.61 Å². The van der Waals surface area contributed by atoms with Crippen LogP contribution in [0.25, 0.3) is 0 Å². The first-order chi connectivity index (χ1) is 12.6. The number of nitrogens with one attached hydrogen (secondary N) is 2. The minimum atomic E-state index is -0.398. The molecule has 0 bridgehead atoms. The van der Waals surface area contributed by atoms with E-state index in [2.05, 4.69) is 23.0 Å². The molecule has 0 aliphatic heterocycles. The molecule has 0 unspecified atom stereocenters. The Labute approximate surface area is 153 Å². The number of carbonyl (C=O) groups is 2. The second-order valence-electron chi connectivity index (χ2n) is 6.69. The van der Waals surface area contributed by atoms with Gasteiger partial charge in [-0.3, -0.25) is 20.4 Å². The Kier molecular flexibility index (Phi) is 5.89. The zero-order valence-electron chi connectivity index (χ0n) is 15.0. The van der Waals surface area contributed by atoms with Crippen LogP contribution in [0.4, 0.5) is 0 Å². The molecule has 0 saturated heterocycles. The molecule has 136 valence electrons. The third kappa shape index (κ3) is 5.09. The highest BCUT2D eigenvalue weighted by molar-refractivity contribution is 5.83. The van der Waals surface area contributed by atoms with Gasteiger partial charge in [0.15, 0.2) is 6.61 Å². The highest BCUT2D eigenvalue weighted by atomic mass is 16.5. The van der Waals surface area contributed by atoms with Gasteiger partial charge < -0.3 is 4.74 Å². The summed E-state index contributed by atoms with van der Waals surface area (Å²) in [7, 11) is 0. The van der Waals surface area contributed by atoms with Crippen LogP contribution in [0.2, 0.25) is 0 Å². The molecule has 1 aliphatic rings. The summed E-state index contributed by atoms with van der Waals surface area (Å²) in [5.41, 5.74) is 9.58. The van der Waals surface area contributed by atoms with Crippen molar-refractivity contribution in [2.45, 2.75) is 39.0 Å². The van der Waals surface area contributed by atoms with Gasteiger partial charge in [0, 0.05) is 0 Å². The summed E-state index contributed by atoms with van der Waals surface area (Å²) < 4.78 is 5.40. The van der Waals surface area contributed by atoms with E-state index < -0.39 is 5.91 Å². The van der Waals surface area contributed by atoms with E-state index in [4.69, 9.17) is 4.74 Å². The van der Waals surface area contributed by atoms with E-state index in [1.807, 2.05) is 31.2 Å². The molecule has 5 heteroatoms. The van der Waals surface area contributed by atoms with Gasteiger partial charge in [-0.05, 0) is 67.0 Å². The topological polar surface area (TPSA) is 67.4 Å². The van der Waals surface area contributed by atoms with E-state index in [9.17, 15) is 9.59 Å². The van der Waals surface area contributed by atoms with Gasteiger partial charge in [-0.1, -0.05) is 30.3 Å². The number of hydrogen-bond acceptors (Lipinski definition) is 3. The van der Waals surface area contributed by atoms with Crippen molar-refractivity contribution in [1.29, 1.82) is 0 Å². The second-order valence-corrected chi connectivity index (χ2v) is 6.69. The van der Waals surface area contributed by atoms with Crippen LogP contribution in [0.5, 0.6) is 5.75 Å². The number of carbonyl (C=O) groups excluding carboxylic acids is 2. The van der Waals surface area contributed by atoms with E-state index in [0.29, 0.717) is 5.75 Å². The van der Waals surface area contributed by atoms with E-state index >= 15 is 0 Å². The van der Waals surface area contributed by atoms with Crippen LogP contribution in [0.1, 0.15) is 35.1 Å². The van der Waals surface area contributed by atoms with Gasteiger partial charge in [0.2, 0.25) is 5.91 Å². The molecule has 2 N–H and O–H groups in total. The van der Waals surface area contributed by atoms with Crippen LogP contribution in [0, 0.1) is 6.92 Å². The molecule has 0 spiro atoms. The quantitative estimate of drug-likeness (QED) is 0.813. The third-order valence-corrected chi connectivity index (χ3v) is 4.48. The molecular formula is C21H24N2O3. The molecule has 1 aliphatic carbocycles. The smallest absolute Gasteiger partial charge is 0.276 e. The number of aryl methyl sites for hydroxylation is 3. The van der Waals surface area contributed by atoms with Crippen LogP contribution in [0.15, 0.2) is 42.5 Å². The lowest BCUT2D eigenvalue weighted by Crippen LogP contribution is -2.44. The van der Waals surface area contributed by atoms with Crippen LogP contribution < -0.4 is 15.6 Å². The number of ether oxygens (including phenoxy) is 1. The van der Waals surface area contributed by atoms with Crippen molar-refractivity contribution < 1.29 is 14.3 Å². The van der Waals surface area contributed by atoms with Gasteiger partial charge in [-0.2, -0.15) is 0 Å². The lowest BCUT2D eigenvalue weighted by Gasteiger charge is -2.16. The molecule has 0 saturated carbocycles. The number of hydrazine groups is 1. The average Bonchev–Trinajstić information content (AvgIpc) is 2.65. The number of rotatable bonds is 5. The molecule has 2 aromatic carbocycles. The van der Waals surface area contributed by atoms with Crippen molar-refractivity contribution in [1.82, 2.24) is 10.9 Å². The Bertz CT molecular complexity index is 802. The zero-order valence-corrected chi connectivity index (χ0v) is 15.0. The summed E-state index contributed by atoms with van der Waals surface area (Å²) in [5, 5.41) is 0. The molecular weight excluding hydrogens is 328 g/mol. The summed E-state index contributed by atoms with van der Waals surface area (Å²) in [4.78, 5) is 23.8. The standard InChI is InChI=1S/C21H24N2O3/c1-15-5-4-8-19(11-15)26-14-21(25)23-22-20(24)13-16-9-10-17-6-2-3-7-18(17)12-16/h4-5,8-12H,2-3,6-7,13-14H2,1H3,(H,22,24)(H,23,25). The number of fused-ring (bicyclic) bond motifs is 1. The van der Waals surface area contributed by atoms with Gasteiger partial charge in [0.05, 0.1) is 6.42 Å². The van der Waals surface area contributed by atoms with Crippen LogP contribution >= 0.6 is 0 Å². The van der Waals surface area contributed by atoms with Crippen LogP contribution in [0.3, 0.4) is 0 Å². The maximum absolute atomic E-state index is 12.0. The molecule has 2 amide bonds. The lowest BCUT2D eigenvalue weighted by atomic mass is 9.90. The first kappa shape index (κ1) is 18.0. The molecule has 0 fully saturated rings. The number of benzene rings is 2. The molecule has 0 aromatic heterocycles. The highest BCUT2D eigenvalue weighted by Gasteiger charge is 2.11. The average molecular weight is 352 g/mol. The van der Waals surface area contributed by atoms with Crippen molar-refractivity contribution >= 4 is 11.8 Å². The minimum absolute atomic E-state index is 0.150. The monoisotopic (exact) mass is 352 g/mol. The summed E-state index contributed by atoms with van der Waals surface area (Å²) in [6, 6.07) is 13.7. The Morgan fingerprint density at radius 3 is 2.54 bits per heavy atom. The third-order valence-electron chi connectivity index (χ3n) is 4.48. The molecule has 2 aromatic rings. The van der Waals surface area contributed by atoms with E-state index in [1.165, 1.54) is 24.0 Å². The van der Waals surface area contributed by atoms with Gasteiger partial charge in [0.25, 0.3) is 5.91 Å². The van der Waals surface area contributed by atoms with Crippen molar-refractivity contribution in [2.24, 2.45) is 0 Å². The van der Waals surface area contributed by atoms with Gasteiger partial charge in [-0.25, -0.2) is 0 Å². The number of hydrogen-bond donors (Lipinski definition) is 2. The van der Waals surface area contributed by atoms with Gasteiger partial charge in [0.1, 0.15) is 5.75 Å². The summed E-state index contributed by atoms with van der Waals surface area (Å²) in [6.07, 6.45) is 4.89. The fraction of sp³-hybridized carbons (Fsp3) is 0.333. The van der Waals surface area contributed by atoms with Crippen molar-refractivity contribution in [3.63, 3.8) is 0 Å². The Morgan fingerprint density at radius 1 is 0.962 bits per heavy atom. The molecule has 0 radical (unpaired) electrons. The Morgan fingerprint density at radius 2 is 1.73 bits per heavy atom. The summed E-state index contributed by atoms with van der Waals surface area (Å²) in [5.74, 6) is -0.0181. The SMILES string of the molecule is Cc1cccc(OCC(=O)NNC(=O)Cc2ccc3c(c2)CCCC3)c1. The molecule has 0 atom stereocenters. The minimum Gasteiger partial charge on any atom is -0.484 e. The highest BCUT2D eigenvalue weighted by Crippen LogP contribution is 2.22. The second kappa shape index (κ2) is 8.52. The maximum atomic E-state index is 12.0. The molecule has 26 heavy (non-hydrogen) atoms. The predicted molar refractivity (Wildman–Crippen MR) is 99.7 cm³/mol. The van der Waals surface area contributed by atoms with E-state index in [0.717, 1.165) is 24.0 Å². The summed E-state index contributed by atoms with van der Waals surface area (Å²) in [6.45, 7) is 1.80. The summed E-state index contributed by atoms with van der Waals surface area (Å²) >= 11 is 0. The Balaban J connectivity index is 1.43. The Hall–Kier alpha value is -2.82. The van der Waals surface area contributed by atoms with Crippen molar-refractivity contribution in [3.8, 4) is 5.75 Å². The lowest BCUT2D eigenvalue weighted by molar-refractivity contribution is -0.129. The normalized spacial score (nSPS) is 12.8. The van der Waals surface area contributed by atoms with Crippen LogP contribution in [-0.4, -0.2) is 18.4 Å². The van der Waals surface area contributed by atoms with Gasteiger partial charge in [-0.15, -0.1) is 0 Å². The fourth-order valence-electron chi connectivity index (χ4n) is 3.16. The largest absolute Gasteiger partial charge is 0.484 e. The maximum Gasteiger partial charge on any atom is 0.276 e. The number of amides is 2. The first-order valence-electron chi connectivity index (χ1n) is 8.98. The van der Waals surface area contributed by atoms with E-state index in [-0.39, 0.29) is 18.9 Å². The van der Waals surface area contributed by atoms with Gasteiger partial charge >= 0.3 is 0 Å². The molecule has 3 rings (SSSR count).